The molecule has 0 aromatic heterocycles. The summed E-state index contributed by atoms with van der Waals surface area (Å²) in [4.78, 5) is 35.2. The molecule has 0 fully saturated rings. The minimum Gasteiger partial charge on any atom is -0.464 e. The predicted octanol–water partition coefficient (Wildman–Crippen LogP) is 9.65. The van der Waals surface area contributed by atoms with Gasteiger partial charge < -0.3 is 14.5 Å². The molecule has 0 N–H and O–H groups in total. The molecule has 0 unspecified atom stereocenters. The van der Waals surface area contributed by atoms with E-state index in [0.29, 0.717) is 32.5 Å². The highest BCUT2D eigenvalue weighted by Crippen LogP contribution is 2.41. The van der Waals surface area contributed by atoms with Crippen molar-refractivity contribution in [1.82, 2.24) is 4.90 Å². The lowest BCUT2D eigenvalue weighted by molar-refractivity contribution is -0.140. The number of esters is 1. The van der Waals surface area contributed by atoms with Gasteiger partial charge in [0.1, 0.15) is 6.61 Å². The van der Waals surface area contributed by atoms with Crippen molar-refractivity contribution < 1.29 is 14.3 Å². The maximum Gasteiger partial charge on any atom is 0.302 e. The van der Waals surface area contributed by atoms with Gasteiger partial charge in [0.05, 0.1) is 42.8 Å². The van der Waals surface area contributed by atoms with Gasteiger partial charge in [-0.15, -0.1) is 0 Å². The Labute approximate surface area is 301 Å². The van der Waals surface area contributed by atoms with Crippen LogP contribution in [0.25, 0.3) is 15.8 Å². The van der Waals surface area contributed by atoms with Crippen molar-refractivity contribution in [3.8, 4) is 6.07 Å². The topological polar surface area (TPSA) is 107 Å². The first-order valence-electron chi connectivity index (χ1n) is 17.1. The number of azo groups is 1. The van der Waals surface area contributed by atoms with E-state index < -0.39 is 0 Å². The average molecular weight is 682 g/mol. The van der Waals surface area contributed by atoms with Crippen LogP contribution in [0.2, 0.25) is 0 Å². The van der Waals surface area contributed by atoms with E-state index in [4.69, 9.17) is 17.9 Å². The smallest absolute Gasteiger partial charge is 0.302 e. The van der Waals surface area contributed by atoms with E-state index in [9.17, 15) is 14.9 Å². The maximum atomic E-state index is 13.6. The molecule has 260 valence electrons. The van der Waals surface area contributed by atoms with Crippen LogP contribution in [-0.4, -0.2) is 43.0 Å². The van der Waals surface area contributed by atoms with Gasteiger partial charge in [-0.25, -0.2) is 15.0 Å². The van der Waals surface area contributed by atoms with Crippen LogP contribution in [0, 0.1) is 29.9 Å². The molecule has 2 aliphatic rings. The molecular formula is C41H43N7O3. The van der Waals surface area contributed by atoms with Crippen LogP contribution in [0.5, 0.6) is 0 Å². The fourth-order valence-electron chi connectivity index (χ4n) is 6.11. The second-order valence-electron chi connectivity index (χ2n) is 13.1. The number of carbonyl (C=O) groups excluding carboxylic acids is 2. The van der Waals surface area contributed by atoms with E-state index in [1.54, 1.807) is 6.08 Å². The number of amides is 1. The Bertz CT molecular complexity index is 1930. The first-order chi connectivity index (χ1) is 24.5. The standard InChI is InChI=1S/C41H43N7O3/c1-8-10-21-48-39(37(28-42)43-6)38(44-7)36(40(48)50)25-32-24-31(26-41(4,5)27-32)12-11-30-13-15-33(16-14-30)45-46-34-17-19-35(20-18-34)47(9-2)22-23-51-29(3)49/h11-20,24-25H,8-10,21-23,26-27H2,1-5H3/b12-11+,32-25-,39-37+,46-45?. The van der Waals surface area contributed by atoms with Gasteiger partial charge in [0.15, 0.2) is 0 Å². The highest BCUT2D eigenvalue weighted by atomic mass is 16.5. The van der Waals surface area contributed by atoms with Crippen molar-refractivity contribution >= 4 is 35.0 Å². The van der Waals surface area contributed by atoms with Crippen LogP contribution in [0.3, 0.4) is 0 Å². The fraction of sp³-hybridized carbons (Fsp3) is 0.341. The Morgan fingerprint density at radius 3 is 2.29 bits per heavy atom. The second kappa shape index (κ2) is 17.6. The third-order valence-corrected chi connectivity index (χ3v) is 8.51. The highest BCUT2D eigenvalue weighted by Gasteiger charge is 2.37. The van der Waals surface area contributed by atoms with Gasteiger partial charge in [0, 0.05) is 31.3 Å². The summed E-state index contributed by atoms with van der Waals surface area (Å²) in [6.45, 7) is 27.2. The van der Waals surface area contributed by atoms with Crippen LogP contribution in [0.1, 0.15) is 65.9 Å². The number of rotatable bonds is 13. The molecule has 0 saturated heterocycles. The predicted molar refractivity (Wildman–Crippen MR) is 199 cm³/mol. The van der Waals surface area contributed by atoms with E-state index in [0.717, 1.165) is 53.2 Å². The number of nitriles is 1. The van der Waals surface area contributed by atoms with Gasteiger partial charge in [-0.05, 0) is 84.7 Å². The zero-order chi connectivity index (χ0) is 37.0. The van der Waals surface area contributed by atoms with Gasteiger partial charge in [-0.1, -0.05) is 63.6 Å². The van der Waals surface area contributed by atoms with Gasteiger partial charge in [-0.3, -0.25) is 9.59 Å². The Morgan fingerprint density at radius 2 is 1.73 bits per heavy atom. The third-order valence-electron chi connectivity index (χ3n) is 8.51. The number of anilines is 1. The molecule has 0 saturated carbocycles. The van der Waals surface area contributed by atoms with Crippen LogP contribution >= 0.6 is 0 Å². The molecule has 1 aliphatic carbocycles. The number of likely N-dealkylation sites (N-methyl/N-ethyl adjacent to an activating group) is 1. The number of nitrogens with zero attached hydrogens (tertiary/aromatic N) is 7. The zero-order valence-electron chi connectivity index (χ0n) is 29.9. The number of hydrogen-bond donors (Lipinski definition) is 0. The maximum absolute atomic E-state index is 13.6. The Morgan fingerprint density at radius 1 is 1.06 bits per heavy atom. The first-order valence-corrected chi connectivity index (χ1v) is 17.1. The molecule has 1 aliphatic heterocycles. The van der Waals surface area contributed by atoms with E-state index in [2.05, 4.69) is 57.7 Å². The normalized spacial score (nSPS) is 17.4. The number of ether oxygens (including phenoxy) is 1. The van der Waals surface area contributed by atoms with E-state index in [-0.39, 0.29) is 40.0 Å². The minimum absolute atomic E-state index is 0.0652. The van der Waals surface area contributed by atoms with Crippen molar-refractivity contribution in [2.24, 2.45) is 15.6 Å². The van der Waals surface area contributed by atoms with Crippen molar-refractivity contribution in [3.63, 3.8) is 0 Å². The molecule has 10 heteroatoms. The van der Waals surface area contributed by atoms with Crippen molar-refractivity contribution in [3.05, 3.63) is 129 Å². The van der Waals surface area contributed by atoms with Crippen molar-refractivity contribution in [2.45, 2.75) is 60.3 Å². The molecule has 1 heterocycles. The molecule has 2 aromatic carbocycles. The average Bonchev–Trinajstić information content (AvgIpc) is 3.37. The molecule has 10 nitrogen and oxygen atoms in total. The van der Waals surface area contributed by atoms with E-state index >= 15 is 0 Å². The lowest BCUT2D eigenvalue weighted by Crippen LogP contribution is -2.27. The van der Waals surface area contributed by atoms with Gasteiger partial charge in [0.2, 0.25) is 11.6 Å². The SMILES string of the molecule is [C-]#[N+]C1=C(/C=C2C=C(/C=C/c3ccc(N=Nc4ccc(N(CC)CCOC(C)=O)cc4)cc3)CC(C)(C)C/2)C(=O)N(CCCC)/C1=C(\C#N)[N+]#[C-]. The summed E-state index contributed by atoms with van der Waals surface area (Å²) < 4.78 is 5.07. The Hall–Kier alpha value is -6.05. The second-order valence-corrected chi connectivity index (χ2v) is 13.1. The molecule has 0 spiro atoms. The van der Waals surface area contributed by atoms with Crippen molar-refractivity contribution in [1.29, 1.82) is 5.26 Å². The molecule has 1 amide bonds. The van der Waals surface area contributed by atoms with E-state index in [1.165, 1.54) is 11.8 Å². The summed E-state index contributed by atoms with van der Waals surface area (Å²) in [5.74, 6) is -0.625. The molecule has 0 bridgehead atoms. The number of carbonyl (C=O) groups is 2. The summed E-state index contributed by atoms with van der Waals surface area (Å²) >= 11 is 0. The molecule has 4 rings (SSSR count). The van der Waals surface area contributed by atoms with Crippen LogP contribution in [0.4, 0.5) is 17.1 Å². The summed E-state index contributed by atoms with van der Waals surface area (Å²) in [5, 5.41) is 18.4. The number of hydrogen-bond acceptors (Lipinski definition) is 7. The number of unbranched alkanes of at least 4 members (excludes halogenated alkanes) is 1. The molecule has 0 atom stereocenters. The molecular weight excluding hydrogens is 638 g/mol. The largest absolute Gasteiger partial charge is 0.464 e. The summed E-state index contributed by atoms with van der Waals surface area (Å²) in [7, 11) is 0. The van der Waals surface area contributed by atoms with Crippen LogP contribution in [-0.2, 0) is 14.3 Å². The quantitative estimate of drug-likeness (QED) is 0.0906. The lowest BCUT2D eigenvalue weighted by Gasteiger charge is -2.30. The third kappa shape index (κ3) is 10.00. The summed E-state index contributed by atoms with van der Waals surface area (Å²) in [6, 6.07) is 17.4. The van der Waals surface area contributed by atoms with Gasteiger partial charge >= 0.3 is 5.97 Å². The number of benzene rings is 2. The number of allylic oxidation sites excluding steroid dienone is 5. The van der Waals surface area contributed by atoms with Gasteiger partial charge in [0.25, 0.3) is 5.70 Å². The Balaban J connectivity index is 1.50. The molecule has 2 aromatic rings. The molecule has 51 heavy (non-hydrogen) atoms. The zero-order valence-corrected chi connectivity index (χ0v) is 29.9. The van der Waals surface area contributed by atoms with Crippen molar-refractivity contribution in [2.75, 3.05) is 31.1 Å². The monoisotopic (exact) mass is 681 g/mol. The highest BCUT2D eigenvalue weighted by molar-refractivity contribution is 6.04. The first kappa shape index (κ1) is 37.8. The summed E-state index contributed by atoms with van der Waals surface area (Å²) in [6.07, 6.45) is 11.0. The minimum atomic E-state index is -0.340. The van der Waals surface area contributed by atoms with E-state index in [1.807, 2.05) is 67.6 Å². The van der Waals surface area contributed by atoms with Gasteiger partial charge in [-0.2, -0.15) is 10.2 Å². The fourth-order valence-corrected chi connectivity index (χ4v) is 6.11. The lowest BCUT2D eigenvalue weighted by atomic mass is 9.74. The molecule has 0 radical (unpaired) electrons. The Kier molecular flexibility index (Phi) is 13.0. The van der Waals surface area contributed by atoms with Crippen LogP contribution in [0.15, 0.2) is 111 Å². The summed E-state index contributed by atoms with van der Waals surface area (Å²) in [5.41, 5.74) is 5.57. The van der Waals surface area contributed by atoms with Crippen LogP contribution < -0.4 is 4.90 Å².